The second-order valence-corrected chi connectivity index (χ2v) is 5.71. The Morgan fingerprint density at radius 3 is 2.38 bits per heavy atom. The van der Waals surface area contributed by atoms with Crippen LogP contribution in [0, 0.1) is 0 Å². The Morgan fingerprint density at radius 1 is 1.04 bits per heavy atom. The predicted molar refractivity (Wildman–Crippen MR) is 97.8 cm³/mol. The van der Waals surface area contributed by atoms with Crippen molar-refractivity contribution in [3.05, 3.63) is 65.2 Å². The molecule has 0 bridgehead atoms. The second-order valence-electron chi connectivity index (χ2n) is 5.71. The highest BCUT2D eigenvalue weighted by atomic mass is 16.5. The third-order valence-electron chi connectivity index (χ3n) is 4.14. The molecule has 3 rings (SSSR count). The van der Waals surface area contributed by atoms with E-state index in [-0.39, 0.29) is 5.57 Å². The summed E-state index contributed by atoms with van der Waals surface area (Å²) in [6.07, 6.45) is 2.11. The van der Waals surface area contributed by atoms with Crippen molar-refractivity contribution >= 4 is 29.6 Å². The number of methoxy groups -OCH3 is 1. The van der Waals surface area contributed by atoms with Crippen LogP contribution in [-0.4, -0.2) is 25.0 Å². The van der Waals surface area contributed by atoms with E-state index in [9.17, 15) is 14.4 Å². The maximum Gasteiger partial charge on any atom is 0.335 e. The fraction of sp³-hybridized carbons (Fsp3) is 0.150. The molecule has 0 aliphatic carbocycles. The number of anilines is 1. The summed E-state index contributed by atoms with van der Waals surface area (Å²) in [6.45, 7) is 1.93. The lowest BCUT2D eigenvalue weighted by Crippen LogP contribution is -2.54. The van der Waals surface area contributed by atoms with Crippen molar-refractivity contribution in [1.82, 2.24) is 5.32 Å². The molecule has 1 aliphatic heterocycles. The highest BCUT2D eigenvalue weighted by molar-refractivity contribution is 6.39. The van der Waals surface area contributed by atoms with Gasteiger partial charge >= 0.3 is 6.03 Å². The van der Waals surface area contributed by atoms with Gasteiger partial charge in [0, 0.05) is 0 Å². The summed E-state index contributed by atoms with van der Waals surface area (Å²) in [4.78, 5) is 38.4. The molecular weight excluding hydrogens is 332 g/mol. The number of nitrogens with one attached hydrogen (secondary N) is 1. The van der Waals surface area contributed by atoms with Gasteiger partial charge in [0.25, 0.3) is 11.8 Å². The van der Waals surface area contributed by atoms with Gasteiger partial charge in [0.1, 0.15) is 11.3 Å². The first-order valence-electron chi connectivity index (χ1n) is 8.18. The minimum Gasteiger partial charge on any atom is -0.497 e. The molecular formula is C20H18N2O4. The number of rotatable bonds is 4. The molecule has 132 valence electrons. The summed E-state index contributed by atoms with van der Waals surface area (Å²) in [5.74, 6) is -0.684. The quantitative estimate of drug-likeness (QED) is 0.679. The standard InChI is InChI=1S/C20H18N2O4/c1-3-14-6-4-5-7-17(14)22-19(24)16(18(23)21-20(22)25)12-13-8-10-15(26-2)11-9-13/h4-12H,3H2,1-2H3,(H,21,23,25)/b16-12-. The zero-order valence-electron chi connectivity index (χ0n) is 14.5. The van der Waals surface area contributed by atoms with Gasteiger partial charge in [-0.05, 0) is 41.8 Å². The Kier molecular flexibility index (Phi) is 4.84. The number of barbiturate groups is 1. The van der Waals surface area contributed by atoms with E-state index in [1.807, 2.05) is 19.1 Å². The number of hydrogen-bond acceptors (Lipinski definition) is 4. The summed E-state index contributed by atoms with van der Waals surface area (Å²) in [5.41, 5.74) is 1.88. The van der Waals surface area contributed by atoms with Crippen molar-refractivity contribution in [3.8, 4) is 5.75 Å². The average Bonchev–Trinajstić information content (AvgIpc) is 2.66. The van der Waals surface area contributed by atoms with Crippen LogP contribution in [0.1, 0.15) is 18.1 Å². The zero-order chi connectivity index (χ0) is 18.7. The van der Waals surface area contributed by atoms with E-state index in [0.717, 1.165) is 10.5 Å². The van der Waals surface area contributed by atoms with E-state index in [1.54, 1.807) is 43.5 Å². The number of carbonyl (C=O) groups excluding carboxylic acids is 3. The van der Waals surface area contributed by atoms with Gasteiger partial charge in [0.15, 0.2) is 0 Å². The number of ether oxygens (including phenoxy) is 1. The van der Waals surface area contributed by atoms with Crippen molar-refractivity contribution in [3.63, 3.8) is 0 Å². The monoisotopic (exact) mass is 350 g/mol. The molecule has 0 radical (unpaired) electrons. The zero-order valence-corrected chi connectivity index (χ0v) is 14.5. The van der Waals surface area contributed by atoms with Crippen molar-refractivity contribution in [2.45, 2.75) is 13.3 Å². The third kappa shape index (κ3) is 3.21. The van der Waals surface area contributed by atoms with Crippen molar-refractivity contribution in [2.75, 3.05) is 12.0 Å². The maximum absolute atomic E-state index is 12.9. The Hall–Kier alpha value is -3.41. The number of carbonyl (C=O) groups is 3. The van der Waals surface area contributed by atoms with Crippen LogP contribution in [0.2, 0.25) is 0 Å². The van der Waals surface area contributed by atoms with E-state index in [4.69, 9.17) is 4.74 Å². The molecule has 26 heavy (non-hydrogen) atoms. The van der Waals surface area contributed by atoms with Gasteiger partial charge in [0.2, 0.25) is 0 Å². The van der Waals surface area contributed by atoms with Crippen LogP contribution >= 0.6 is 0 Å². The first kappa shape index (κ1) is 17.4. The Morgan fingerprint density at radius 2 is 1.73 bits per heavy atom. The van der Waals surface area contributed by atoms with Crippen LogP contribution in [0.25, 0.3) is 6.08 Å². The number of para-hydroxylation sites is 1. The van der Waals surface area contributed by atoms with Crippen LogP contribution in [0.3, 0.4) is 0 Å². The van der Waals surface area contributed by atoms with E-state index < -0.39 is 17.8 Å². The molecule has 0 spiro atoms. The molecule has 6 nitrogen and oxygen atoms in total. The number of amides is 4. The smallest absolute Gasteiger partial charge is 0.335 e. The molecule has 0 saturated carbocycles. The third-order valence-corrected chi connectivity index (χ3v) is 4.14. The van der Waals surface area contributed by atoms with E-state index in [1.165, 1.54) is 6.08 Å². The number of imide groups is 2. The van der Waals surface area contributed by atoms with Crippen molar-refractivity contribution in [1.29, 1.82) is 0 Å². The SMILES string of the molecule is CCc1ccccc1N1C(=O)NC(=O)/C(=C/c2ccc(OC)cc2)C1=O. The van der Waals surface area contributed by atoms with E-state index in [2.05, 4.69) is 5.32 Å². The van der Waals surface area contributed by atoms with Gasteiger partial charge in [-0.25, -0.2) is 9.69 Å². The van der Waals surface area contributed by atoms with E-state index >= 15 is 0 Å². The van der Waals surface area contributed by atoms with Gasteiger partial charge in [-0.3, -0.25) is 14.9 Å². The molecule has 6 heteroatoms. The molecule has 1 fully saturated rings. The van der Waals surface area contributed by atoms with Gasteiger partial charge in [-0.2, -0.15) is 0 Å². The van der Waals surface area contributed by atoms with E-state index in [0.29, 0.717) is 23.4 Å². The summed E-state index contributed by atoms with van der Waals surface area (Å²) in [5, 5.41) is 2.24. The minimum atomic E-state index is -0.743. The molecule has 2 aromatic rings. The summed E-state index contributed by atoms with van der Waals surface area (Å²) in [6, 6.07) is 13.3. The molecule has 2 aromatic carbocycles. The molecule has 1 aliphatic rings. The van der Waals surface area contributed by atoms with Crippen LogP contribution in [0.15, 0.2) is 54.1 Å². The molecule has 1 N–H and O–H groups in total. The fourth-order valence-electron chi connectivity index (χ4n) is 2.77. The summed E-state index contributed by atoms with van der Waals surface area (Å²) < 4.78 is 5.10. The van der Waals surface area contributed by atoms with Crippen LogP contribution in [0.5, 0.6) is 5.75 Å². The summed E-state index contributed by atoms with van der Waals surface area (Å²) in [7, 11) is 1.56. The highest BCUT2D eigenvalue weighted by Crippen LogP contribution is 2.26. The molecule has 1 saturated heterocycles. The molecule has 0 aromatic heterocycles. The van der Waals surface area contributed by atoms with Crippen molar-refractivity contribution in [2.24, 2.45) is 0 Å². The molecule has 0 unspecified atom stereocenters. The Labute approximate surface area is 151 Å². The van der Waals surface area contributed by atoms with Crippen molar-refractivity contribution < 1.29 is 19.1 Å². The number of urea groups is 1. The molecule has 0 atom stereocenters. The first-order chi connectivity index (χ1) is 12.5. The van der Waals surface area contributed by atoms with Crippen LogP contribution in [0.4, 0.5) is 10.5 Å². The lowest BCUT2D eigenvalue weighted by atomic mass is 10.0. The van der Waals surface area contributed by atoms with Gasteiger partial charge < -0.3 is 4.74 Å². The van der Waals surface area contributed by atoms with Gasteiger partial charge in [-0.1, -0.05) is 37.3 Å². The van der Waals surface area contributed by atoms with Crippen LogP contribution < -0.4 is 15.0 Å². The average molecular weight is 350 g/mol. The van der Waals surface area contributed by atoms with Crippen LogP contribution in [-0.2, 0) is 16.0 Å². The number of hydrogen-bond donors (Lipinski definition) is 1. The minimum absolute atomic E-state index is 0.0966. The number of aryl methyl sites for hydroxylation is 1. The Balaban J connectivity index is 2.01. The summed E-state index contributed by atoms with van der Waals surface area (Å²) >= 11 is 0. The maximum atomic E-state index is 12.9. The molecule has 4 amide bonds. The van der Waals surface area contributed by atoms with Gasteiger partial charge in [0.05, 0.1) is 12.8 Å². The lowest BCUT2D eigenvalue weighted by molar-refractivity contribution is -0.122. The second kappa shape index (κ2) is 7.23. The topological polar surface area (TPSA) is 75.7 Å². The van der Waals surface area contributed by atoms with Gasteiger partial charge in [-0.15, -0.1) is 0 Å². The number of benzene rings is 2. The Bertz CT molecular complexity index is 900. The lowest BCUT2D eigenvalue weighted by Gasteiger charge is -2.27. The normalized spacial score (nSPS) is 16.0. The first-order valence-corrected chi connectivity index (χ1v) is 8.18. The molecule has 1 heterocycles. The highest BCUT2D eigenvalue weighted by Gasteiger charge is 2.37. The largest absolute Gasteiger partial charge is 0.497 e. The predicted octanol–water partition coefficient (Wildman–Crippen LogP) is 2.92. The number of nitrogens with zero attached hydrogens (tertiary/aromatic N) is 1. The fourth-order valence-corrected chi connectivity index (χ4v) is 2.77.